The first kappa shape index (κ1) is 7.94. The molecular formula is C6H14N2O2. The second-order valence-corrected chi connectivity index (χ2v) is 2.93. The lowest BCUT2D eigenvalue weighted by Gasteiger charge is -2.34. The zero-order valence-corrected chi connectivity index (χ0v) is 6.17. The Labute approximate surface area is 60.4 Å². The first-order chi connectivity index (χ1) is 4.66. The molecule has 4 nitrogen and oxygen atoms in total. The Kier molecular flexibility index (Phi) is 2.25. The van der Waals surface area contributed by atoms with E-state index in [2.05, 4.69) is 0 Å². The largest absolute Gasteiger partial charge is 0.363 e. The van der Waals surface area contributed by atoms with Gasteiger partial charge in [0.1, 0.15) is 6.23 Å². The van der Waals surface area contributed by atoms with E-state index < -0.39 is 0 Å². The Bertz CT molecular complexity index is 120. The highest BCUT2D eigenvalue weighted by Gasteiger charge is 2.31. The molecule has 1 fully saturated rings. The fraction of sp³-hybridized carbons (Fsp3) is 1.00. The Balaban J connectivity index is 2.45. The van der Waals surface area contributed by atoms with Crippen molar-refractivity contribution in [3.63, 3.8) is 0 Å². The van der Waals surface area contributed by atoms with E-state index in [0.29, 0.717) is 13.0 Å². The average molecular weight is 146 g/mol. The highest BCUT2D eigenvalue weighted by Crippen LogP contribution is 2.24. The lowest BCUT2D eigenvalue weighted by atomic mass is 9.95. The topological polar surface area (TPSA) is 70.5 Å². The third-order valence-electron chi connectivity index (χ3n) is 1.88. The third kappa shape index (κ3) is 1.67. The van der Waals surface area contributed by atoms with Crippen molar-refractivity contribution in [1.29, 1.82) is 0 Å². The molecule has 0 radical (unpaired) electrons. The van der Waals surface area contributed by atoms with Gasteiger partial charge < -0.3 is 10.5 Å². The van der Waals surface area contributed by atoms with Crippen LogP contribution in [0.1, 0.15) is 19.8 Å². The molecular weight excluding hydrogens is 132 g/mol. The summed E-state index contributed by atoms with van der Waals surface area (Å²) in [5.41, 5.74) is 5.25. The van der Waals surface area contributed by atoms with Gasteiger partial charge in [-0.1, -0.05) is 0 Å². The van der Waals surface area contributed by atoms with Gasteiger partial charge in [0.15, 0.2) is 0 Å². The Morgan fingerprint density at radius 1 is 1.70 bits per heavy atom. The van der Waals surface area contributed by atoms with E-state index in [0.717, 1.165) is 6.42 Å². The molecule has 1 aliphatic rings. The number of hydrogen-bond acceptors (Lipinski definition) is 4. The first-order valence-corrected chi connectivity index (χ1v) is 3.41. The minimum absolute atomic E-state index is 0.220. The van der Waals surface area contributed by atoms with Crippen molar-refractivity contribution in [2.45, 2.75) is 31.6 Å². The van der Waals surface area contributed by atoms with Crippen molar-refractivity contribution in [1.82, 2.24) is 0 Å². The molecule has 0 saturated carbocycles. The molecule has 0 aliphatic carbocycles. The van der Waals surface area contributed by atoms with Crippen LogP contribution in [0, 0.1) is 0 Å². The highest BCUT2D eigenvalue weighted by atomic mass is 16.6. The second kappa shape index (κ2) is 2.84. The molecule has 2 unspecified atom stereocenters. The van der Waals surface area contributed by atoms with Crippen LogP contribution in [0.15, 0.2) is 0 Å². The molecule has 4 N–H and O–H groups in total. The van der Waals surface area contributed by atoms with Crippen LogP contribution in [-0.4, -0.2) is 18.4 Å². The average Bonchev–Trinajstić information content (AvgIpc) is 1.88. The summed E-state index contributed by atoms with van der Waals surface area (Å²) in [5.74, 6) is 5.09. The molecule has 0 aromatic rings. The number of nitrogens with two attached hydrogens (primary N) is 2. The predicted molar refractivity (Wildman–Crippen MR) is 36.8 cm³/mol. The van der Waals surface area contributed by atoms with E-state index in [1.165, 1.54) is 0 Å². The Morgan fingerprint density at radius 3 is 2.80 bits per heavy atom. The van der Waals surface area contributed by atoms with Gasteiger partial charge in [-0.2, -0.15) is 0 Å². The molecule has 60 valence electrons. The van der Waals surface area contributed by atoms with Crippen molar-refractivity contribution in [2.75, 3.05) is 6.61 Å². The lowest BCUT2D eigenvalue weighted by Crippen LogP contribution is -2.45. The van der Waals surface area contributed by atoms with Gasteiger partial charge in [0.05, 0.1) is 12.2 Å². The van der Waals surface area contributed by atoms with Crippen molar-refractivity contribution in [3.05, 3.63) is 0 Å². The van der Waals surface area contributed by atoms with Crippen LogP contribution >= 0.6 is 0 Å². The molecule has 0 aromatic heterocycles. The first-order valence-electron chi connectivity index (χ1n) is 3.41. The molecule has 1 saturated heterocycles. The van der Waals surface area contributed by atoms with Gasteiger partial charge in [-0.3, -0.25) is 4.84 Å². The molecule has 1 aliphatic heterocycles. The van der Waals surface area contributed by atoms with Crippen LogP contribution < -0.4 is 11.6 Å². The van der Waals surface area contributed by atoms with Crippen LogP contribution in [-0.2, 0) is 9.57 Å². The molecule has 4 heteroatoms. The van der Waals surface area contributed by atoms with Gasteiger partial charge in [0, 0.05) is 12.8 Å². The SMILES string of the molecule is CC1(ON)CCOC(N)C1. The number of rotatable bonds is 1. The van der Waals surface area contributed by atoms with Gasteiger partial charge >= 0.3 is 0 Å². The van der Waals surface area contributed by atoms with Gasteiger partial charge in [-0.15, -0.1) is 0 Å². The van der Waals surface area contributed by atoms with E-state index in [1.807, 2.05) is 6.92 Å². The fourth-order valence-electron chi connectivity index (χ4n) is 1.12. The lowest BCUT2D eigenvalue weighted by molar-refractivity contribution is -0.129. The van der Waals surface area contributed by atoms with Crippen LogP contribution in [0.5, 0.6) is 0 Å². The normalized spacial score (nSPS) is 41.7. The summed E-state index contributed by atoms with van der Waals surface area (Å²) in [6, 6.07) is 0. The third-order valence-corrected chi connectivity index (χ3v) is 1.88. The number of ether oxygens (including phenoxy) is 1. The highest BCUT2D eigenvalue weighted by molar-refractivity contribution is 4.80. The Hall–Kier alpha value is -0.160. The maximum Gasteiger partial charge on any atom is 0.108 e. The molecule has 1 rings (SSSR count). The maximum absolute atomic E-state index is 5.53. The summed E-state index contributed by atoms with van der Waals surface area (Å²) in [6.45, 7) is 2.57. The summed E-state index contributed by atoms with van der Waals surface area (Å²) in [5, 5.41) is 0. The zero-order valence-electron chi connectivity index (χ0n) is 6.17. The van der Waals surface area contributed by atoms with Crippen molar-refractivity contribution in [2.24, 2.45) is 11.6 Å². The zero-order chi connectivity index (χ0) is 7.61. The maximum atomic E-state index is 5.53. The van der Waals surface area contributed by atoms with E-state index >= 15 is 0 Å². The molecule has 10 heavy (non-hydrogen) atoms. The van der Waals surface area contributed by atoms with Gasteiger partial charge in [-0.25, -0.2) is 5.90 Å². The van der Waals surface area contributed by atoms with E-state index in [4.69, 9.17) is 21.2 Å². The van der Waals surface area contributed by atoms with Gasteiger partial charge in [0.25, 0.3) is 0 Å². The molecule has 1 heterocycles. The molecule has 2 atom stereocenters. The summed E-state index contributed by atoms with van der Waals surface area (Å²) in [6.07, 6.45) is 1.27. The minimum atomic E-state index is -0.280. The monoisotopic (exact) mass is 146 g/mol. The van der Waals surface area contributed by atoms with E-state index in [1.54, 1.807) is 0 Å². The van der Waals surface area contributed by atoms with Crippen molar-refractivity contribution < 1.29 is 9.57 Å². The van der Waals surface area contributed by atoms with Crippen LogP contribution in [0.2, 0.25) is 0 Å². The smallest absolute Gasteiger partial charge is 0.108 e. The van der Waals surface area contributed by atoms with E-state index in [-0.39, 0.29) is 11.8 Å². The molecule has 0 aromatic carbocycles. The Morgan fingerprint density at radius 2 is 2.40 bits per heavy atom. The second-order valence-electron chi connectivity index (χ2n) is 2.93. The summed E-state index contributed by atoms with van der Waals surface area (Å²) < 4.78 is 5.12. The van der Waals surface area contributed by atoms with Crippen LogP contribution in [0.4, 0.5) is 0 Å². The predicted octanol–water partition coefficient (Wildman–Crippen LogP) is -0.269. The summed E-state index contributed by atoms with van der Waals surface area (Å²) >= 11 is 0. The summed E-state index contributed by atoms with van der Waals surface area (Å²) in [4.78, 5) is 4.79. The summed E-state index contributed by atoms with van der Waals surface area (Å²) in [7, 11) is 0. The minimum Gasteiger partial charge on any atom is -0.363 e. The van der Waals surface area contributed by atoms with Crippen molar-refractivity contribution in [3.8, 4) is 0 Å². The van der Waals surface area contributed by atoms with Gasteiger partial charge in [-0.05, 0) is 6.92 Å². The van der Waals surface area contributed by atoms with E-state index in [9.17, 15) is 0 Å². The van der Waals surface area contributed by atoms with Crippen LogP contribution in [0.3, 0.4) is 0 Å². The quantitative estimate of drug-likeness (QED) is 0.499. The molecule has 0 amide bonds. The molecule has 0 bridgehead atoms. The fourth-order valence-corrected chi connectivity index (χ4v) is 1.12. The number of hydrogen-bond donors (Lipinski definition) is 2. The molecule has 0 spiro atoms. The van der Waals surface area contributed by atoms with Crippen molar-refractivity contribution >= 4 is 0 Å². The standard InChI is InChI=1S/C6H14N2O2/c1-6(10-8)2-3-9-5(7)4-6/h5H,2-4,7-8H2,1H3. The van der Waals surface area contributed by atoms with Crippen LogP contribution in [0.25, 0.3) is 0 Å². The van der Waals surface area contributed by atoms with Gasteiger partial charge in [0.2, 0.25) is 0 Å².